The van der Waals surface area contributed by atoms with Crippen LogP contribution in [0.5, 0.6) is 0 Å². The molecule has 1 aliphatic rings. The fourth-order valence-corrected chi connectivity index (χ4v) is 3.87. The van der Waals surface area contributed by atoms with Crippen LogP contribution in [0.15, 0.2) is 35.5 Å². The molecule has 3 aromatic heterocycles. The largest absolute Gasteiger partial charge is 0.464 e. The zero-order chi connectivity index (χ0) is 25.7. The highest BCUT2D eigenvalue weighted by molar-refractivity contribution is 5.98. The van der Waals surface area contributed by atoms with E-state index in [-0.39, 0.29) is 45.2 Å². The predicted molar refractivity (Wildman–Crippen MR) is 140 cm³/mol. The van der Waals surface area contributed by atoms with Crippen LogP contribution < -0.4 is 10.9 Å². The van der Waals surface area contributed by atoms with Crippen molar-refractivity contribution in [1.29, 1.82) is 0 Å². The SMILES string of the molecule is C.C.CCOC(=O)C1NC(=O)c2c(C)ccn2C1OCC.CCOC(=O)c1cn2ccc(C)c2c(=O)[nH]1. The molecule has 0 fully saturated rings. The van der Waals surface area contributed by atoms with Crippen molar-refractivity contribution in [3.8, 4) is 0 Å². The van der Waals surface area contributed by atoms with Crippen molar-refractivity contribution in [3.63, 3.8) is 0 Å². The summed E-state index contributed by atoms with van der Waals surface area (Å²) < 4.78 is 18.7. The Morgan fingerprint density at radius 2 is 1.59 bits per heavy atom. The van der Waals surface area contributed by atoms with Gasteiger partial charge in [0, 0.05) is 25.2 Å². The third kappa shape index (κ3) is 6.48. The maximum Gasteiger partial charge on any atom is 0.356 e. The van der Waals surface area contributed by atoms with Gasteiger partial charge in [0.15, 0.2) is 12.3 Å². The van der Waals surface area contributed by atoms with Crippen molar-refractivity contribution in [2.24, 2.45) is 0 Å². The first-order valence-electron chi connectivity index (χ1n) is 11.4. The number of fused-ring (bicyclic) bond motifs is 2. The topological polar surface area (TPSA) is 133 Å². The third-order valence-corrected chi connectivity index (χ3v) is 5.40. The van der Waals surface area contributed by atoms with E-state index >= 15 is 0 Å². The fourth-order valence-electron chi connectivity index (χ4n) is 3.87. The van der Waals surface area contributed by atoms with E-state index in [1.165, 1.54) is 0 Å². The Bertz CT molecular complexity index is 1290. The van der Waals surface area contributed by atoms with Gasteiger partial charge in [0.05, 0.1) is 13.2 Å². The molecule has 4 rings (SSSR count). The first-order chi connectivity index (χ1) is 16.7. The van der Waals surface area contributed by atoms with Crippen LogP contribution >= 0.6 is 0 Å². The Kier molecular flexibility index (Phi) is 11.3. The minimum absolute atomic E-state index is 0. The van der Waals surface area contributed by atoms with E-state index < -0.39 is 24.2 Å². The lowest BCUT2D eigenvalue weighted by Crippen LogP contribution is -2.53. The second kappa shape index (κ2) is 13.4. The van der Waals surface area contributed by atoms with Crippen LogP contribution in [0.25, 0.3) is 5.52 Å². The van der Waals surface area contributed by atoms with E-state index in [2.05, 4.69) is 10.3 Å². The fraction of sp³-hybridized carbons (Fsp3) is 0.462. The number of esters is 2. The van der Waals surface area contributed by atoms with Gasteiger partial charge in [0.1, 0.15) is 16.9 Å². The number of nitrogens with one attached hydrogen (secondary N) is 2. The van der Waals surface area contributed by atoms with Crippen molar-refractivity contribution in [2.75, 3.05) is 19.8 Å². The van der Waals surface area contributed by atoms with Gasteiger partial charge in [0.25, 0.3) is 11.5 Å². The summed E-state index contributed by atoms with van der Waals surface area (Å²) in [7, 11) is 0. The lowest BCUT2D eigenvalue weighted by Gasteiger charge is -2.32. The number of hydrogen-bond donors (Lipinski definition) is 2. The van der Waals surface area contributed by atoms with Gasteiger partial charge in [0.2, 0.25) is 0 Å². The van der Waals surface area contributed by atoms with Crippen LogP contribution in [-0.2, 0) is 19.0 Å². The number of amides is 1. The first-order valence-corrected chi connectivity index (χ1v) is 11.4. The number of rotatable bonds is 6. The number of hydrogen-bond acceptors (Lipinski definition) is 7. The van der Waals surface area contributed by atoms with E-state index in [1.54, 1.807) is 41.4 Å². The summed E-state index contributed by atoms with van der Waals surface area (Å²) >= 11 is 0. The molecular formula is C26H38N4O7. The zero-order valence-electron chi connectivity index (χ0n) is 20.4. The van der Waals surface area contributed by atoms with Gasteiger partial charge in [-0.2, -0.15) is 0 Å². The highest BCUT2D eigenvalue weighted by Crippen LogP contribution is 2.25. The summed E-state index contributed by atoms with van der Waals surface area (Å²) in [5, 5.41) is 2.66. The molecule has 0 saturated carbocycles. The molecule has 0 aromatic carbocycles. The molecule has 0 saturated heterocycles. The number of aryl methyl sites for hydroxylation is 2. The lowest BCUT2D eigenvalue weighted by atomic mass is 10.1. The van der Waals surface area contributed by atoms with E-state index in [4.69, 9.17) is 14.2 Å². The second-order valence-corrected chi connectivity index (χ2v) is 7.78. The first kappa shape index (κ1) is 31.2. The van der Waals surface area contributed by atoms with Crippen molar-refractivity contribution < 1.29 is 28.6 Å². The van der Waals surface area contributed by atoms with E-state index in [0.29, 0.717) is 17.8 Å². The Hall–Kier alpha value is -3.86. The molecule has 11 heteroatoms. The Labute approximate surface area is 216 Å². The zero-order valence-corrected chi connectivity index (χ0v) is 20.4. The van der Waals surface area contributed by atoms with Gasteiger partial charge >= 0.3 is 11.9 Å². The average molecular weight is 519 g/mol. The Morgan fingerprint density at radius 3 is 2.22 bits per heavy atom. The molecule has 1 amide bonds. The maximum atomic E-state index is 12.0. The second-order valence-electron chi connectivity index (χ2n) is 7.78. The molecule has 3 aromatic rings. The molecule has 2 atom stereocenters. The number of ether oxygens (including phenoxy) is 3. The molecule has 11 nitrogen and oxygen atoms in total. The molecule has 0 bridgehead atoms. The minimum atomic E-state index is -0.813. The van der Waals surface area contributed by atoms with Gasteiger partial charge in [-0.3, -0.25) is 9.59 Å². The number of carbonyl (C=O) groups is 3. The smallest absolute Gasteiger partial charge is 0.356 e. The van der Waals surface area contributed by atoms with Crippen LogP contribution in [0, 0.1) is 13.8 Å². The van der Waals surface area contributed by atoms with Gasteiger partial charge in [-0.15, -0.1) is 0 Å². The van der Waals surface area contributed by atoms with Crippen LogP contribution in [0.2, 0.25) is 0 Å². The number of aromatic nitrogens is 3. The van der Waals surface area contributed by atoms with Crippen molar-refractivity contribution in [3.05, 3.63) is 63.6 Å². The Balaban J connectivity index is 0.000000355. The Morgan fingerprint density at radius 1 is 0.946 bits per heavy atom. The lowest BCUT2D eigenvalue weighted by molar-refractivity contribution is -0.153. The van der Waals surface area contributed by atoms with Crippen molar-refractivity contribution in [2.45, 2.75) is 61.7 Å². The van der Waals surface area contributed by atoms with Crippen LogP contribution in [0.4, 0.5) is 0 Å². The maximum absolute atomic E-state index is 12.0. The number of nitrogens with zero attached hydrogens (tertiary/aromatic N) is 2. The summed E-state index contributed by atoms with van der Waals surface area (Å²) in [6.45, 7) is 9.96. The number of H-pyrrole nitrogens is 1. The number of aromatic amines is 1. The van der Waals surface area contributed by atoms with Crippen LogP contribution in [0.1, 0.15) is 74.0 Å². The monoisotopic (exact) mass is 518 g/mol. The minimum Gasteiger partial charge on any atom is -0.464 e. The summed E-state index contributed by atoms with van der Waals surface area (Å²) in [5.41, 5.74) is 2.68. The van der Waals surface area contributed by atoms with E-state index in [1.807, 2.05) is 32.9 Å². The molecule has 37 heavy (non-hydrogen) atoms. The molecule has 0 aliphatic carbocycles. The van der Waals surface area contributed by atoms with Crippen LogP contribution in [0.3, 0.4) is 0 Å². The summed E-state index contributed by atoms with van der Waals surface area (Å²) in [4.78, 5) is 49.6. The summed E-state index contributed by atoms with van der Waals surface area (Å²) in [6.07, 6.45) is 4.49. The van der Waals surface area contributed by atoms with Crippen molar-refractivity contribution >= 4 is 23.4 Å². The molecule has 4 heterocycles. The van der Waals surface area contributed by atoms with Gasteiger partial charge in [-0.05, 0) is 57.9 Å². The molecule has 2 unspecified atom stereocenters. The molecule has 1 aliphatic heterocycles. The highest BCUT2D eigenvalue weighted by atomic mass is 16.5. The van der Waals surface area contributed by atoms with Crippen molar-refractivity contribution in [1.82, 2.24) is 19.3 Å². The molecular weight excluding hydrogens is 480 g/mol. The molecule has 0 radical (unpaired) electrons. The van der Waals surface area contributed by atoms with E-state index in [0.717, 1.165) is 11.1 Å². The van der Waals surface area contributed by atoms with Gasteiger partial charge in [-0.25, -0.2) is 9.59 Å². The third-order valence-electron chi connectivity index (χ3n) is 5.40. The number of carbonyl (C=O) groups excluding carboxylic acids is 3. The molecule has 204 valence electrons. The van der Waals surface area contributed by atoms with E-state index in [9.17, 15) is 19.2 Å². The average Bonchev–Trinajstić information content (AvgIpc) is 3.40. The van der Waals surface area contributed by atoms with Crippen LogP contribution in [-0.4, -0.2) is 57.7 Å². The highest BCUT2D eigenvalue weighted by Gasteiger charge is 2.39. The predicted octanol–water partition coefficient (Wildman–Crippen LogP) is 3.39. The normalized spacial score (nSPS) is 15.8. The summed E-state index contributed by atoms with van der Waals surface area (Å²) in [5.74, 6) is -1.28. The molecule has 0 spiro atoms. The summed E-state index contributed by atoms with van der Waals surface area (Å²) in [6, 6.07) is 2.83. The van der Waals surface area contributed by atoms with Gasteiger partial charge in [-0.1, -0.05) is 14.9 Å². The molecule has 2 N–H and O–H groups in total. The standard InChI is InChI=1S/C13H18N2O4.C11H12N2O3.2CH4/c1-4-18-12-9(13(17)19-5-2)14-11(16)10-8(3)6-7-15(10)12;1-3-16-11(15)8-6-13-5-4-7(2)9(13)10(14)12-8;;/h6-7,9,12H,4-5H2,1-3H3,(H,14,16);4-6H,3H2,1-2H3,(H,12,14);2*1H4. The van der Waals surface area contributed by atoms with Gasteiger partial charge < -0.3 is 33.5 Å². The quantitative estimate of drug-likeness (QED) is 0.478.